The normalized spacial score (nSPS) is 15.9. The van der Waals surface area contributed by atoms with Gasteiger partial charge in [0, 0.05) is 23.9 Å². The number of amides is 2. The molecule has 0 radical (unpaired) electrons. The Morgan fingerprint density at radius 3 is 2.73 bits per heavy atom. The van der Waals surface area contributed by atoms with E-state index in [0.717, 1.165) is 35.7 Å². The number of aryl methyl sites for hydroxylation is 2. The molecule has 2 heterocycles. The molecule has 1 aliphatic heterocycles. The number of oxazole rings is 1. The van der Waals surface area contributed by atoms with Gasteiger partial charge in [-0.05, 0) is 68.1 Å². The van der Waals surface area contributed by atoms with Crippen LogP contribution < -0.4 is 5.32 Å². The van der Waals surface area contributed by atoms with Gasteiger partial charge in [-0.3, -0.25) is 0 Å². The van der Waals surface area contributed by atoms with E-state index in [2.05, 4.69) is 10.3 Å². The maximum atomic E-state index is 14.2. The third kappa shape index (κ3) is 4.06. The molecule has 1 saturated heterocycles. The van der Waals surface area contributed by atoms with E-state index in [-0.39, 0.29) is 17.6 Å². The van der Waals surface area contributed by atoms with Crippen LogP contribution in [0.3, 0.4) is 0 Å². The molecule has 1 aliphatic rings. The SMILES string of the molecule is Cc1ccc(NC(=O)N2CCCC2c2nc3cc(-c4ccc(F)cc4F)ccc3o2)c(C)c1. The van der Waals surface area contributed by atoms with Crippen LogP contribution in [0, 0.1) is 25.5 Å². The Morgan fingerprint density at radius 1 is 1.09 bits per heavy atom. The molecular formula is C26H23F2N3O2. The first-order chi connectivity index (χ1) is 15.9. The van der Waals surface area contributed by atoms with Crippen LogP contribution in [0.2, 0.25) is 0 Å². The standard InChI is InChI=1S/C26H23F2N3O2/c1-15-5-9-21(16(2)12-15)30-26(32)31-11-3-4-23(31)25-29-22-13-17(6-10-24(22)33-25)19-8-7-18(27)14-20(19)28/h5-10,12-14,23H,3-4,11H2,1-2H3,(H,30,32). The number of hydrogen-bond donors (Lipinski definition) is 1. The number of carbonyl (C=O) groups is 1. The summed E-state index contributed by atoms with van der Waals surface area (Å²) in [5.74, 6) is -0.806. The lowest BCUT2D eigenvalue weighted by Gasteiger charge is -2.23. The van der Waals surface area contributed by atoms with Crippen molar-refractivity contribution in [2.45, 2.75) is 32.7 Å². The van der Waals surface area contributed by atoms with Gasteiger partial charge in [-0.15, -0.1) is 0 Å². The molecule has 1 unspecified atom stereocenters. The summed E-state index contributed by atoms with van der Waals surface area (Å²) in [6, 6.07) is 14.1. The van der Waals surface area contributed by atoms with Crippen molar-refractivity contribution in [2.75, 3.05) is 11.9 Å². The molecule has 7 heteroatoms. The summed E-state index contributed by atoms with van der Waals surface area (Å²) in [6.07, 6.45) is 1.59. The highest BCUT2D eigenvalue weighted by molar-refractivity contribution is 5.90. The Bertz CT molecular complexity index is 1370. The zero-order chi connectivity index (χ0) is 23.1. The number of aromatic nitrogens is 1. The molecule has 0 spiro atoms. The van der Waals surface area contributed by atoms with E-state index in [1.165, 1.54) is 12.1 Å². The number of hydrogen-bond acceptors (Lipinski definition) is 3. The second-order valence-corrected chi connectivity index (χ2v) is 8.46. The van der Waals surface area contributed by atoms with Gasteiger partial charge in [-0.25, -0.2) is 18.6 Å². The third-order valence-corrected chi connectivity index (χ3v) is 6.07. The largest absolute Gasteiger partial charge is 0.438 e. The Kier molecular flexibility index (Phi) is 5.32. The molecular weight excluding hydrogens is 424 g/mol. The Balaban J connectivity index is 1.41. The molecule has 33 heavy (non-hydrogen) atoms. The molecule has 2 amide bonds. The fourth-order valence-electron chi connectivity index (χ4n) is 4.39. The fourth-order valence-corrected chi connectivity index (χ4v) is 4.39. The lowest BCUT2D eigenvalue weighted by molar-refractivity contribution is 0.199. The molecule has 4 aromatic rings. The summed E-state index contributed by atoms with van der Waals surface area (Å²) in [6.45, 7) is 4.58. The minimum absolute atomic E-state index is 0.194. The summed E-state index contributed by atoms with van der Waals surface area (Å²) in [7, 11) is 0. The molecule has 1 atom stereocenters. The monoisotopic (exact) mass is 447 g/mol. The van der Waals surface area contributed by atoms with E-state index < -0.39 is 11.6 Å². The summed E-state index contributed by atoms with van der Waals surface area (Å²) in [5, 5.41) is 3.00. The zero-order valence-electron chi connectivity index (χ0n) is 18.4. The summed E-state index contributed by atoms with van der Waals surface area (Å²) < 4.78 is 33.5. The van der Waals surface area contributed by atoms with Crippen LogP contribution in [-0.4, -0.2) is 22.5 Å². The lowest BCUT2D eigenvalue weighted by Crippen LogP contribution is -2.34. The van der Waals surface area contributed by atoms with E-state index in [1.807, 2.05) is 32.0 Å². The third-order valence-electron chi connectivity index (χ3n) is 6.07. The number of likely N-dealkylation sites (tertiary alicyclic amines) is 1. The minimum Gasteiger partial charge on any atom is -0.438 e. The molecule has 168 valence electrons. The number of nitrogens with one attached hydrogen (secondary N) is 1. The van der Waals surface area contributed by atoms with Crippen molar-refractivity contribution < 1.29 is 18.0 Å². The quantitative estimate of drug-likeness (QED) is 0.378. The second-order valence-electron chi connectivity index (χ2n) is 8.46. The van der Waals surface area contributed by atoms with Crippen LogP contribution in [0.5, 0.6) is 0 Å². The maximum absolute atomic E-state index is 14.2. The first-order valence-electron chi connectivity index (χ1n) is 10.9. The van der Waals surface area contributed by atoms with Gasteiger partial charge in [-0.1, -0.05) is 23.8 Å². The number of fused-ring (bicyclic) bond motifs is 1. The molecule has 0 bridgehead atoms. The minimum atomic E-state index is -0.636. The Morgan fingerprint density at radius 2 is 1.94 bits per heavy atom. The maximum Gasteiger partial charge on any atom is 0.322 e. The van der Waals surface area contributed by atoms with E-state index >= 15 is 0 Å². The van der Waals surface area contributed by atoms with Crippen LogP contribution in [0.15, 0.2) is 59.0 Å². The van der Waals surface area contributed by atoms with E-state index in [4.69, 9.17) is 4.42 Å². The van der Waals surface area contributed by atoms with E-state index in [9.17, 15) is 13.6 Å². The van der Waals surface area contributed by atoms with Gasteiger partial charge in [0.05, 0.1) is 0 Å². The van der Waals surface area contributed by atoms with Gasteiger partial charge in [0.15, 0.2) is 5.58 Å². The van der Waals surface area contributed by atoms with Crippen LogP contribution in [0.25, 0.3) is 22.2 Å². The molecule has 0 aliphatic carbocycles. The number of anilines is 1. The summed E-state index contributed by atoms with van der Waals surface area (Å²) >= 11 is 0. The van der Waals surface area contributed by atoms with Crippen molar-refractivity contribution in [3.8, 4) is 11.1 Å². The number of halogens is 2. The topological polar surface area (TPSA) is 58.4 Å². The molecule has 5 nitrogen and oxygen atoms in total. The second kappa shape index (κ2) is 8.31. The van der Waals surface area contributed by atoms with Crippen molar-refractivity contribution in [3.63, 3.8) is 0 Å². The number of nitrogens with zero attached hydrogens (tertiary/aromatic N) is 2. The van der Waals surface area contributed by atoms with Crippen LogP contribution >= 0.6 is 0 Å². The average Bonchev–Trinajstić information content (AvgIpc) is 3.42. The highest BCUT2D eigenvalue weighted by Gasteiger charge is 2.34. The predicted octanol–water partition coefficient (Wildman–Crippen LogP) is 6.76. The van der Waals surface area contributed by atoms with Gasteiger partial charge in [0.1, 0.15) is 23.2 Å². The highest BCUT2D eigenvalue weighted by Crippen LogP contribution is 2.35. The first-order valence-corrected chi connectivity index (χ1v) is 10.9. The zero-order valence-corrected chi connectivity index (χ0v) is 18.4. The van der Waals surface area contributed by atoms with Crippen LogP contribution in [-0.2, 0) is 0 Å². The number of benzene rings is 3. The van der Waals surface area contributed by atoms with Crippen molar-refractivity contribution >= 4 is 22.8 Å². The first kappa shape index (κ1) is 21.1. The van der Waals surface area contributed by atoms with Gasteiger partial charge in [0.25, 0.3) is 0 Å². The smallest absolute Gasteiger partial charge is 0.322 e. The molecule has 5 rings (SSSR count). The number of rotatable bonds is 3. The van der Waals surface area contributed by atoms with Crippen molar-refractivity contribution in [3.05, 3.63) is 83.2 Å². The molecule has 3 aromatic carbocycles. The average molecular weight is 447 g/mol. The van der Waals surface area contributed by atoms with Crippen LogP contribution in [0.1, 0.15) is 35.9 Å². The van der Waals surface area contributed by atoms with Crippen molar-refractivity contribution in [1.82, 2.24) is 9.88 Å². The van der Waals surface area contributed by atoms with Gasteiger partial charge in [0.2, 0.25) is 5.89 Å². The van der Waals surface area contributed by atoms with Gasteiger partial charge < -0.3 is 14.6 Å². The predicted molar refractivity (Wildman–Crippen MR) is 123 cm³/mol. The Hall–Kier alpha value is -3.74. The summed E-state index contributed by atoms with van der Waals surface area (Å²) in [4.78, 5) is 19.4. The Labute approximate surface area is 190 Å². The van der Waals surface area contributed by atoms with Crippen LogP contribution in [0.4, 0.5) is 19.3 Å². The number of urea groups is 1. The van der Waals surface area contributed by atoms with Crippen molar-refractivity contribution in [2.24, 2.45) is 0 Å². The fraction of sp³-hybridized carbons (Fsp3) is 0.231. The van der Waals surface area contributed by atoms with Crippen molar-refractivity contribution in [1.29, 1.82) is 0 Å². The molecule has 0 saturated carbocycles. The van der Waals surface area contributed by atoms with Gasteiger partial charge in [-0.2, -0.15) is 0 Å². The summed E-state index contributed by atoms with van der Waals surface area (Å²) in [5.41, 5.74) is 4.90. The molecule has 1 aromatic heterocycles. The molecule has 1 fully saturated rings. The lowest BCUT2D eigenvalue weighted by atomic mass is 10.0. The van der Waals surface area contributed by atoms with E-state index in [0.29, 0.717) is 29.1 Å². The molecule has 1 N–H and O–H groups in total. The van der Waals surface area contributed by atoms with Gasteiger partial charge >= 0.3 is 6.03 Å². The highest BCUT2D eigenvalue weighted by atomic mass is 19.1. The van der Waals surface area contributed by atoms with E-state index in [1.54, 1.807) is 23.1 Å². The number of carbonyl (C=O) groups excluding carboxylic acids is 1.